The molecule has 0 radical (unpaired) electrons. The van der Waals surface area contributed by atoms with Gasteiger partial charge in [-0.3, -0.25) is 0 Å². The van der Waals surface area contributed by atoms with Crippen LogP contribution >= 0.6 is 22.6 Å². The lowest BCUT2D eigenvalue weighted by Gasteiger charge is -2.10. The number of anilines is 1. The van der Waals surface area contributed by atoms with Crippen molar-refractivity contribution < 1.29 is 0 Å². The number of aromatic nitrogens is 2. The van der Waals surface area contributed by atoms with Gasteiger partial charge in [0.25, 0.3) is 0 Å². The van der Waals surface area contributed by atoms with Gasteiger partial charge in [-0.15, -0.1) is 0 Å². The predicted molar refractivity (Wildman–Crippen MR) is 74.7 cm³/mol. The lowest BCUT2D eigenvalue weighted by atomic mass is 10.2. The number of hydrogen-bond acceptors (Lipinski definition) is 3. The van der Waals surface area contributed by atoms with Crippen LogP contribution in [0, 0.1) is 9.49 Å². The zero-order chi connectivity index (χ0) is 11.5. The molecule has 88 valence electrons. The Morgan fingerprint density at radius 2 is 2.12 bits per heavy atom. The number of halogens is 1. The van der Waals surface area contributed by atoms with Crippen LogP contribution in [0.2, 0.25) is 0 Å². The first-order valence-electron chi connectivity index (χ1n) is 5.97. The zero-order valence-electron chi connectivity index (χ0n) is 9.89. The van der Waals surface area contributed by atoms with Crippen LogP contribution < -0.4 is 5.32 Å². The first-order chi connectivity index (χ1) is 7.74. The maximum absolute atomic E-state index is 4.69. The van der Waals surface area contributed by atoms with Gasteiger partial charge in [0.05, 0.1) is 9.26 Å². The minimum atomic E-state index is 0.847. The predicted octanol–water partition coefficient (Wildman–Crippen LogP) is 3.03. The molecule has 1 aromatic rings. The smallest absolute Gasteiger partial charge is 0.143 e. The van der Waals surface area contributed by atoms with E-state index in [1.54, 1.807) is 0 Å². The monoisotopic (exact) mass is 331 g/mol. The second-order valence-electron chi connectivity index (χ2n) is 4.40. The van der Waals surface area contributed by atoms with Crippen molar-refractivity contribution in [2.24, 2.45) is 5.92 Å². The molecule has 4 heteroatoms. The van der Waals surface area contributed by atoms with E-state index in [2.05, 4.69) is 39.8 Å². The van der Waals surface area contributed by atoms with Crippen LogP contribution in [0.25, 0.3) is 0 Å². The van der Waals surface area contributed by atoms with Crippen LogP contribution in [0.4, 0.5) is 5.82 Å². The minimum absolute atomic E-state index is 0.847. The van der Waals surface area contributed by atoms with E-state index in [-0.39, 0.29) is 0 Å². The molecule has 1 saturated carbocycles. The van der Waals surface area contributed by atoms with Crippen LogP contribution in [-0.2, 0) is 12.8 Å². The van der Waals surface area contributed by atoms with Gasteiger partial charge in [-0.05, 0) is 47.8 Å². The summed E-state index contributed by atoms with van der Waals surface area (Å²) in [4.78, 5) is 9.28. The molecule has 1 heterocycles. The molecule has 0 aromatic carbocycles. The van der Waals surface area contributed by atoms with E-state index in [0.29, 0.717) is 0 Å². The van der Waals surface area contributed by atoms with E-state index in [0.717, 1.165) is 36.8 Å². The molecule has 0 atom stereocenters. The molecule has 1 N–H and O–H groups in total. The topological polar surface area (TPSA) is 37.8 Å². The first kappa shape index (κ1) is 12.1. The Morgan fingerprint density at radius 1 is 1.38 bits per heavy atom. The highest BCUT2D eigenvalue weighted by atomic mass is 127. The molecule has 0 bridgehead atoms. The second kappa shape index (κ2) is 5.29. The molecule has 16 heavy (non-hydrogen) atoms. The SMILES string of the molecule is CCCc1nc(CC2CC2)nc(NC)c1I. The summed E-state index contributed by atoms with van der Waals surface area (Å²) in [6, 6.07) is 0. The Labute approximate surface area is 111 Å². The summed E-state index contributed by atoms with van der Waals surface area (Å²) >= 11 is 2.34. The first-order valence-corrected chi connectivity index (χ1v) is 7.05. The molecule has 0 aliphatic heterocycles. The average molecular weight is 331 g/mol. The van der Waals surface area contributed by atoms with Crippen molar-refractivity contribution in [3.05, 3.63) is 15.1 Å². The Kier molecular flexibility index (Phi) is 4.00. The molecule has 2 rings (SSSR count). The van der Waals surface area contributed by atoms with E-state index in [1.165, 1.54) is 22.1 Å². The molecule has 1 fully saturated rings. The van der Waals surface area contributed by atoms with Gasteiger partial charge < -0.3 is 5.32 Å². The maximum atomic E-state index is 4.69. The highest BCUT2D eigenvalue weighted by molar-refractivity contribution is 14.1. The Morgan fingerprint density at radius 3 is 2.69 bits per heavy atom. The molecule has 1 aromatic heterocycles. The van der Waals surface area contributed by atoms with Crippen molar-refractivity contribution in [2.45, 2.75) is 39.0 Å². The van der Waals surface area contributed by atoms with Crippen LogP contribution in [-0.4, -0.2) is 17.0 Å². The van der Waals surface area contributed by atoms with Crippen molar-refractivity contribution in [2.75, 3.05) is 12.4 Å². The Balaban J connectivity index is 2.26. The highest BCUT2D eigenvalue weighted by Crippen LogP contribution is 2.32. The van der Waals surface area contributed by atoms with Crippen molar-refractivity contribution in [3.63, 3.8) is 0 Å². The zero-order valence-corrected chi connectivity index (χ0v) is 12.0. The summed E-state index contributed by atoms with van der Waals surface area (Å²) in [5.74, 6) is 2.87. The van der Waals surface area contributed by atoms with Crippen LogP contribution in [0.15, 0.2) is 0 Å². The van der Waals surface area contributed by atoms with Crippen LogP contribution in [0.5, 0.6) is 0 Å². The average Bonchev–Trinajstić information content (AvgIpc) is 3.07. The van der Waals surface area contributed by atoms with Gasteiger partial charge in [-0.2, -0.15) is 0 Å². The van der Waals surface area contributed by atoms with Crippen LogP contribution in [0.1, 0.15) is 37.7 Å². The lowest BCUT2D eigenvalue weighted by Crippen LogP contribution is -2.08. The third-order valence-corrected chi connectivity index (χ3v) is 3.99. The summed E-state index contributed by atoms with van der Waals surface area (Å²) in [5.41, 5.74) is 1.21. The van der Waals surface area contributed by atoms with Gasteiger partial charge in [0.1, 0.15) is 11.6 Å². The molecular weight excluding hydrogens is 313 g/mol. The van der Waals surface area contributed by atoms with Crippen molar-refractivity contribution >= 4 is 28.4 Å². The van der Waals surface area contributed by atoms with E-state index in [9.17, 15) is 0 Å². The number of nitrogens with one attached hydrogen (secondary N) is 1. The van der Waals surface area contributed by atoms with Crippen molar-refractivity contribution in [1.29, 1.82) is 0 Å². The molecule has 1 aliphatic rings. The largest absolute Gasteiger partial charge is 0.372 e. The summed E-state index contributed by atoms with van der Waals surface area (Å²) in [7, 11) is 1.93. The van der Waals surface area contributed by atoms with E-state index in [1.807, 2.05) is 7.05 Å². The fourth-order valence-corrected chi connectivity index (χ4v) is 2.56. The van der Waals surface area contributed by atoms with E-state index >= 15 is 0 Å². The number of aryl methyl sites for hydroxylation is 1. The van der Waals surface area contributed by atoms with Gasteiger partial charge >= 0.3 is 0 Å². The second-order valence-corrected chi connectivity index (χ2v) is 5.48. The highest BCUT2D eigenvalue weighted by Gasteiger charge is 2.23. The van der Waals surface area contributed by atoms with Crippen molar-refractivity contribution in [1.82, 2.24) is 9.97 Å². The molecule has 3 nitrogen and oxygen atoms in total. The van der Waals surface area contributed by atoms with Gasteiger partial charge in [0.15, 0.2) is 0 Å². The Bertz CT molecular complexity index is 375. The van der Waals surface area contributed by atoms with Crippen molar-refractivity contribution in [3.8, 4) is 0 Å². The summed E-state index contributed by atoms with van der Waals surface area (Å²) < 4.78 is 1.18. The van der Waals surface area contributed by atoms with Crippen LogP contribution in [0.3, 0.4) is 0 Å². The molecule has 0 amide bonds. The number of hydrogen-bond donors (Lipinski definition) is 1. The normalized spacial score (nSPS) is 15.2. The number of rotatable bonds is 5. The molecular formula is C12H18IN3. The van der Waals surface area contributed by atoms with Gasteiger partial charge in [-0.1, -0.05) is 13.3 Å². The quantitative estimate of drug-likeness (QED) is 0.843. The standard InChI is InChI=1S/C12H18IN3/c1-3-4-9-11(13)12(14-2)16-10(15-9)7-8-5-6-8/h8H,3-7H2,1-2H3,(H,14,15,16). The number of nitrogens with zero attached hydrogens (tertiary/aromatic N) is 2. The summed E-state index contributed by atoms with van der Waals surface area (Å²) in [6.07, 6.45) is 5.95. The summed E-state index contributed by atoms with van der Waals surface area (Å²) in [6.45, 7) is 2.19. The third kappa shape index (κ3) is 2.84. The van der Waals surface area contributed by atoms with E-state index < -0.39 is 0 Å². The molecule has 0 unspecified atom stereocenters. The third-order valence-electron chi connectivity index (χ3n) is 2.86. The fourth-order valence-electron chi connectivity index (χ4n) is 1.78. The van der Waals surface area contributed by atoms with Gasteiger partial charge in [0.2, 0.25) is 0 Å². The molecule has 1 aliphatic carbocycles. The fraction of sp³-hybridized carbons (Fsp3) is 0.667. The maximum Gasteiger partial charge on any atom is 0.143 e. The van der Waals surface area contributed by atoms with E-state index in [4.69, 9.17) is 4.98 Å². The Hall–Kier alpha value is -0.390. The lowest BCUT2D eigenvalue weighted by molar-refractivity contribution is 0.747. The summed E-state index contributed by atoms with van der Waals surface area (Å²) in [5, 5.41) is 3.17. The minimum Gasteiger partial charge on any atom is -0.372 e. The van der Waals surface area contributed by atoms with Gasteiger partial charge in [-0.25, -0.2) is 9.97 Å². The molecule has 0 spiro atoms. The molecule has 0 saturated heterocycles. The van der Waals surface area contributed by atoms with Gasteiger partial charge in [0, 0.05) is 13.5 Å².